The number of hydrogen-bond donors (Lipinski definition) is 1. The standard InChI is InChI=1S/C10H10BrNO5/c11-7-3-1-4-8(12(15)16)10(7)17-6-2-5-9(13)14/h1,3-4H,2,5-6H2,(H,13,14). The molecule has 0 aliphatic carbocycles. The van der Waals surface area contributed by atoms with Crippen LogP contribution in [-0.2, 0) is 4.79 Å². The van der Waals surface area contributed by atoms with Crippen LogP contribution in [0.4, 0.5) is 5.69 Å². The zero-order valence-corrected chi connectivity index (χ0v) is 10.3. The van der Waals surface area contributed by atoms with Crippen LogP contribution in [0.3, 0.4) is 0 Å². The molecular formula is C10H10BrNO5. The molecule has 0 aliphatic heterocycles. The van der Waals surface area contributed by atoms with Crippen LogP contribution in [-0.4, -0.2) is 22.6 Å². The van der Waals surface area contributed by atoms with Gasteiger partial charge in [-0.2, -0.15) is 0 Å². The van der Waals surface area contributed by atoms with Crippen molar-refractivity contribution in [1.29, 1.82) is 0 Å². The number of ether oxygens (including phenoxy) is 1. The Morgan fingerprint density at radius 2 is 2.24 bits per heavy atom. The number of nitrogens with zero attached hydrogens (tertiary/aromatic N) is 1. The molecule has 1 N–H and O–H groups in total. The molecule has 92 valence electrons. The highest BCUT2D eigenvalue weighted by atomic mass is 79.9. The van der Waals surface area contributed by atoms with E-state index in [2.05, 4.69) is 15.9 Å². The molecule has 0 aromatic heterocycles. The number of hydrogen-bond acceptors (Lipinski definition) is 4. The van der Waals surface area contributed by atoms with E-state index in [0.717, 1.165) is 0 Å². The van der Waals surface area contributed by atoms with E-state index >= 15 is 0 Å². The van der Waals surface area contributed by atoms with E-state index in [4.69, 9.17) is 9.84 Å². The number of aliphatic carboxylic acids is 1. The number of rotatable bonds is 6. The van der Waals surface area contributed by atoms with Crippen LogP contribution in [0, 0.1) is 10.1 Å². The Bertz CT molecular complexity index is 435. The number of nitro groups is 1. The summed E-state index contributed by atoms with van der Waals surface area (Å²) in [5, 5.41) is 19.2. The summed E-state index contributed by atoms with van der Waals surface area (Å²) in [7, 11) is 0. The van der Waals surface area contributed by atoms with Gasteiger partial charge in [-0.15, -0.1) is 0 Å². The fourth-order valence-electron chi connectivity index (χ4n) is 1.18. The lowest BCUT2D eigenvalue weighted by Crippen LogP contribution is -2.04. The highest BCUT2D eigenvalue weighted by Gasteiger charge is 2.17. The van der Waals surface area contributed by atoms with Gasteiger partial charge < -0.3 is 9.84 Å². The minimum atomic E-state index is -0.921. The van der Waals surface area contributed by atoms with Crippen molar-refractivity contribution >= 4 is 27.6 Å². The summed E-state index contributed by atoms with van der Waals surface area (Å²) in [4.78, 5) is 20.5. The summed E-state index contributed by atoms with van der Waals surface area (Å²) in [6, 6.07) is 4.49. The molecule has 1 rings (SSSR count). The van der Waals surface area contributed by atoms with E-state index in [9.17, 15) is 14.9 Å². The molecule has 0 saturated carbocycles. The largest absolute Gasteiger partial charge is 0.486 e. The molecule has 0 aliphatic rings. The summed E-state index contributed by atoms with van der Waals surface area (Å²) < 4.78 is 5.70. The quantitative estimate of drug-likeness (QED) is 0.495. The Balaban J connectivity index is 2.69. The molecule has 1 aromatic carbocycles. The molecule has 1 aromatic rings. The first-order valence-electron chi connectivity index (χ1n) is 4.80. The van der Waals surface area contributed by atoms with E-state index in [1.165, 1.54) is 12.1 Å². The van der Waals surface area contributed by atoms with Gasteiger partial charge in [0.2, 0.25) is 5.75 Å². The molecule has 0 bridgehead atoms. The molecule has 0 radical (unpaired) electrons. The number of nitro benzene ring substituents is 1. The monoisotopic (exact) mass is 303 g/mol. The lowest BCUT2D eigenvalue weighted by molar-refractivity contribution is -0.386. The van der Waals surface area contributed by atoms with Crippen molar-refractivity contribution in [1.82, 2.24) is 0 Å². The summed E-state index contributed by atoms with van der Waals surface area (Å²) in [6.07, 6.45) is 0.270. The van der Waals surface area contributed by atoms with Crippen molar-refractivity contribution in [2.45, 2.75) is 12.8 Å². The van der Waals surface area contributed by atoms with Crippen molar-refractivity contribution in [3.05, 3.63) is 32.8 Å². The molecule has 0 fully saturated rings. The van der Waals surface area contributed by atoms with Crippen LogP contribution in [0.5, 0.6) is 5.75 Å². The first-order valence-corrected chi connectivity index (χ1v) is 5.59. The highest BCUT2D eigenvalue weighted by Crippen LogP contribution is 2.34. The Morgan fingerprint density at radius 3 is 2.82 bits per heavy atom. The number of carboxylic acid groups (broad SMARTS) is 1. The zero-order chi connectivity index (χ0) is 12.8. The van der Waals surface area contributed by atoms with E-state index in [0.29, 0.717) is 10.9 Å². The number of para-hydroxylation sites is 1. The second-order valence-electron chi connectivity index (χ2n) is 3.19. The fraction of sp³-hybridized carbons (Fsp3) is 0.300. The smallest absolute Gasteiger partial charge is 0.312 e. The second-order valence-corrected chi connectivity index (χ2v) is 4.05. The van der Waals surface area contributed by atoms with Gasteiger partial charge in [0.15, 0.2) is 0 Å². The summed E-state index contributed by atoms with van der Waals surface area (Å²) in [6.45, 7) is 0.121. The van der Waals surface area contributed by atoms with Crippen LogP contribution in [0.15, 0.2) is 22.7 Å². The van der Waals surface area contributed by atoms with Gasteiger partial charge in [-0.3, -0.25) is 14.9 Å². The van der Waals surface area contributed by atoms with Crippen molar-refractivity contribution in [2.24, 2.45) is 0 Å². The van der Waals surface area contributed by atoms with Gasteiger partial charge in [0.25, 0.3) is 0 Å². The van der Waals surface area contributed by atoms with Crippen LogP contribution < -0.4 is 4.74 Å². The van der Waals surface area contributed by atoms with Crippen molar-refractivity contribution in [2.75, 3.05) is 6.61 Å². The molecule has 17 heavy (non-hydrogen) atoms. The van der Waals surface area contributed by atoms with Gasteiger partial charge in [0, 0.05) is 12.5 Å². The number of benzene rings is 1. The predicted molar refractivity (Wildman–Crippen MR) is 63.2 cm³/mol. The SMILES string of the molecule is O=C(O)CCCOc1c(Br)cccc1[N+](=O)[O-]. The number of carbonyl (C=O) groups is 1. The first-order chi connectivity index (χ1) is 8.02. The maximum atomic E-state index is 10.7. The minimum absolute atomic E-state index is 0.0295. The molecule has 0 heterocycles. The maximum absolute atomic E-state index is 10.7. The predicted octanol–water partition coefficient (Wildman–Crippen LogP) is 2.60. The molecule has 0 unspecified atom stereocenters. The molecule has 7 heteroatoms. The first kappa shape index (κ1) is 13.4. The average Bonchev–Trinajstić information content (AvgIpc) is 2.25. The van der Waals surface area contributed by atoms with E-state index in [1.807, 2.05) is 0 Å². The van der Waals surface area contributed by atoms with Crippen molar-refractivity contribution < 1.29 is 19.6 Å². The molecular weight excluding hydrogens is 294 g/mol. The minimum Gasteiger partial charge on any atom is -0.486 e. The fourth-order valence-corrected chi connectivity index (χ4v) is 1.65. The lowest BCUT2D eigenvalue weighted by Gasteiger charge is -2.07. The summed E-state index contributed by atoms with van der Waals surface area (Å²) >= 11 is 3.15. The Labute approximate surface area is 105 Å². The molecule has 0 saturated heterocycles. The van der Waals surface area contributed by atoms with Crippen LogP contribution >= 0.6 is 15.9 Å². The number of carboxylic acids is 1. The Kier molecular flexibility index (Phi) is 4.89. The molecule has 0 atom stereocenters. The lowest BCUT2D eigenvalue weighted by atomic mass is 10.3. The van der Waals surface area contributed by atoms with Crippen LogP contribution in [0.1, 0.15) is 12.8 Å². The van der Waals surface area contributed by atoms with E-state index in [-0.39, 0.29) is 24.5 Å². The third-order valence-electron chi connectivity index (χ3n) is 1.92. The number of halogens is 1. The topological polar surface area (TPSA) is 89.7 Å². The molecule has 0 amide bonds. The van der Waals surface area contributed by atoms with Gasteiger partial charge >= 0.3 is 11.7 Å². The zero-order valence-electron chi connectivity index (χ0n) is 8.76. The van der Waals surface area contributed by atoms with Crippen molar-refractivity contribution in [3.63, 3.8) is 0 Å². The van der Waals surface area contributed by atoms with Gasteiger partial charge in [-0.05, 0) is 28.4 Å². The van der Waals surface area contributed by atoms with E-state index < -0.39 is 10.9 Å². The van der Waals surface area contributed by atoms with Gasteiger partial charge in [0.1, 0.15) is 0 Å². The maximum Gasteiger partial charge on any atom is 0.312 e. The second kappa shape index (κ2) is 6.19. The van der Waals surface area contributed by atoms with Crippen LogP contribution in [0.25, 0.3) is 0 Å². The van der Waals surface area contributed by atoms with Crippen LogP contribution in [0.2, 0.25) is 0 Å². The third-order valence-corrected chi connectivity index (χ3v) is 2.55. The molecule has 6 nitrogen and oxygen atoms in total. The van der Waals surface area contributed by atoms with E-state index in [1.54, 1.807) is 6.07 Å². The average molecular weight is 304 g/mol. The summed E-state index contributed by atoms with van der Waals surface area (Å²) in [5.74, 6) is -0.793. The van der Waals surface area contributed by atoms with Crippen molar-refractivity contribution in [3.8, 4) is 5.75 Å². The molecule has 0 spiro atoms. The Morgan fingerprint density at radius 1 is 1.53 bits per heavy atom. The van der Waals surface area contributed by atoms with Gasteiger partial charge in [-0.1, -0.05) is 6.07 Å². The summed E-state index contributed by atoms with van der Waals surface area (Å²) in [5.41, 5.74) is -0.144. The van der Waals surface area contributed by atoms with Gasteiger partial charge in [-0.25, -0.2) is 0 Å². The highest BCUT2D eigenvalue weighted by molar-refractivity contribution is 9.10. The third kappa shape index (κ3) is 4.03. The Hall–Kier alpha value is -1.63. The van der Waals surface area contributed by atoms with Gasteiger partial charge in [0.05, 0.1) is 16.0 Å². The normalized spacial score (nSPS) is 9.94.